The summed E-state index contributed by atoms with van der Waals surface area (Å²) >= 11 is 0. The van der Waals surface area contributed by atoms with Crippen molar-refractivity contribution in [1.29, 1.82) is 0 Å². The summed E-state index contributed by atoms with van der Waals surface area (Å²) in [5, 5.41) is 8.78. The van der Waals surface area contributed by atoms with Gasteiger partial charge in [-0.3, -0.25) is 4.79 Å². The fourth-order valence-electron chi connectivity index (χ4n) is 2.30. The number of benzene rings is 1. The molecular weight excluding hydrogens is 209 g/mol. The molecular formula is C12H14FNO2. The summed E-state index contributed by atoms with van der Waals surface area (Å²) in [6.07, 6.45) is 1.57. The van der Waals surface area contributed by atoms with Crippen molar-refractivity contribution in [3.63, 3.8) is 0 Å². The van der Waals surface area contributed by atoms with Crippen molar-refractivity contribution in [3.05, 3.63) is 29.6 Å². The molecule has 1 aliphatic heterocycles. The van der Waals surface area contributed by atoms with E-state index in [0.717, 1.165) is 18.4 Å². The molecule has 86 valence electrons. The van der Waals surface area contributed by atoms with Crippen LogP contribution in [0.1, 0.15) is 18.4 Å². The van der Waals surface area contributed by atoms with Crippen molar-refractivity contribution in [2.45, 2.75) is 25.3 Å². The quantitative estimate of drug-likeness (QED) is 0.834. The van der Waals surface area contributed by atoms with Crippen LogP contribution in [0.15, 0.2) is 18.2 Å². The Bertz CT molecular complexity index is 419. The maximum Gasteiger partial charge on any atom is 0.305 e. The van der Waals surface area contributed by atoms with Gasteiger partial charge in [0.2, 0.25) is 0 Å². The average molecular weight is 223 g/mol. The van der Waals surface area contributed by atoms with Crippen LogP contribution in [0.4, 0.5) is 10.1 Å². The molecule has 0 aromatic heterocycles. The highest BCUT2D eigenvalue weighted by Crippen LogP contribution is 2.32. The van der Waals surface area contributed by atoms with Gasteiger partial charge in [0.25, 0.3) is 0 Å². The minimum atomic E-state index is -0.836. The molecule has 0 saturated carbocycles. The van der Waals surface area contributed by atoms with Gasteiger partial charge in [-0.05, 0) is 24.5 Å². The molecule has 1 aliphatic rings. The summed E-state index contributed by atoms with van der Waals surface area (Å²) in [5.74, 6) is -1.10. The first-order valence-corrected chi connectivity index (χ1v) is 5.31. The van der Waals surface area contributed by atoms with E-state index < -0.39 is 5.97 Å². The van der Waals surface area contributed by atoms with Crippen LogP contribution >= 0.6 is 0 Å². The lowest BCUT2D eigenvalue weighted by molar-refractivity contribution is -0.137. The predicted molar refractivity (Wildman–Crippen MR) is 59.2 cm³/mol. The van der Waals surface area contributed by atoms with E-state index in [9.17, 15) is 9.18 Å². The Labute approximate surface area is 93.5 Å². The Morgan fingerprint density at radius 1 is 1.62 bits per heavy atom. The lowest BCUT2D eigenvalue weighted by Crippen LogP contribution is -2.38. The number of fused-ring (bicyclic) bond motifs is 1. The Kier molecular flexibility index (Phi) is 2.81. The highest BCUT2D eigenvalue weighted by molar-refractivity contribution is 5.69. The zero-order valence-corrected chi connectivity index (χ0v) is 9.11. The number of halogens is 1. The number of hydrogen-bond donors (Lipinski definition) is 1. The minimum Gasteiger partial charge on any atom is -0.481 e. The van der Waals surface area contributed by atoms with Gasteiger partial charge in [-0.25, -0.2) is 4.39 Å². The molecule has 0 spiro atoms. The Hall–Kier alpha value is -1.58. The molecule has 0 saturated heterocycles. The molecule has 16 heavy (non-hydrogen) atoms. The third kappa shape index (κ3) is 1.87. The molecule has 3 nitrogen and oxygen atoms in total. The van der Waals surface area contributed by atoms with Gasteiger partial charge in [0, 0.05) is 13.1 Å². The highest BCUT2D eigenvalue weighted by atomic mass is 19.1. The van der Waals surface area contributed by atoms with Crippen molar-refractivity contribution in [1.82, 2.24) is 0 Å². The fraction of sp³-hybridized carbons (Fsp3) is 0.417. The molecule has 2 rings (SSSR count). The molecule has 0 bridgehead atoms. The standard InChI is InChI=1S/C12H14FNO2/c1-14-9(7-11(15)16)6-5-8-3-2-4-10(13)12(8)14/h2-4,9H,5-7H2,1H3,(H,15,16). The highest BCUT2D eigenvalue weighted by Gasteiger charge is 2.27. The molecule has 4 heteroatoms. The fourth-order valence-corrected chi connectivity index (χ4v) is 2.30. The summed E-state index contributed by atoms with van der Waals surface area (Å²) in [6, 6.07) is 4.89. The SMILES string of the molecule is CN1c2c(F)cccc2CCC1CC(=O)O. The average Bonchev–Trinajstić information content (AvgIpc) is 2.22. The monoisotopic (exact) mass is 223 g/mol. The predicted octanol–water partition coefficient (Wildman–Crippen LogP) is 2.05. The number of carbonyl (C=O) groups is 1. The van der Waals surface area contributed by atoms with E-state index in [-0.39, 0.29) is 18.3 Å². The lowest BCUT2D eigenvalue weighted by atomic mass is 9.94. The van der Waals surface area contributed by atoms with Crippen molar-refractivity contribution in [2.75, 3.05) is 11.9 Å². The van der Waals surface area contributed by atoms with Crippen molar-refractivity contribution >= 4 is 11.7 Å². The molecule has 0 aliphatic carbocycles. The van der Waals surface area contributed by atoms with E-state index in [1.54, 1.807) is 18.0 Å². The van der Waals surface area contributed by atoms with Crippen LogP contribution in [0.5, 0.6) is 0 Å². The number of carboxylic acid groups (broad SMARTS) is 1. The topological polar surface area (TPSA) is 40.5 Å². The Balaban J connectivity index is 2.30. The van der Waals surface area contributed by atoms with Crippen LogP contribution in [0, 0.1) is 5.82 Å². The molecule has 1 unspecified atom stereocenters. The number of carboxylic acids is 1. The van der Waals surface area contributed by atoms with Crippen LogP contribution < -0.4 is 4.90 Å². The second kappa shape index (κ2) is 4.12. The molecule has 0 fully saturated rings. The third-order valence-corrected chi connectivity index (χ3v) is 3.13. The number of rotatable bonds is 2. The summed E-state index contributed by atoms with van der Waals surface area (Å²) < 4.78 is 13.6. The number of anilines is 1. The number of aryl methyl sites for hydroxylation is 1. The van der Waals surface area contributed by atoms with Gasteiger partial charge in [0.1, 0.15) is 5.82 Å². The van der Waals surface area contributed by atoms with Crippen LogP contribution in [0.3, 0.4) is 0 Å². The number of hydrogen-bond acceptors (Lipinski definition) is 2. The second-order valence-corrected chi connectivity index (χ2v) is 4.15. The van der Waals surface area contributed by atoms with Crippen LogP contribution in [0.25, 0.3) is 0 Å². The van der Waals surface area contributed by atoms with Crippen molar-refractivity contribution in [3.8, 4) is 0 Å². The summed E-state index contributed by atoms with van der Waals surface area (Å²) in [4.78, 5) is 12.4. The lowest BCUT2D eigenvalue weighted by Gasteiger charge is -2.35. The number of aliphatic carboxylic acids is 1. The second-order valence-electron chi connectivity index (χ2n) is 4.15. The van der Waals surface area contributed by atoms with E-state index in [2.05, 4.69) is 0 Å². The Morgan fingerprint density at radius 3 is 3.06 bits per heavy atom. The van der Waals surface area contributed by atoms with Gasteiger partial charge in [-0.15, -0.1) is 0 Å². The largest absolute Gasteiger partial charge is 0.481 e. The number of nitrogens with zero attached hydrogens (tertiary/aromatic N) is 1. The summed E-state index contributed by atoms with van der Waals surface area (Å²) in [7, 11) is 1.76. The van der Waals surface area contributed by atoms with E-state index in [1.807, 2.05) is 6.07 Å². The third-order valence-electron chi connectivity index (χ3n) is 3.13. The summed E-state index contributed by atoms with van der Waals surface area (Å²) in [6.45, 7) is 0. The van der Waals surface area contributed by atoms with E-state index in [1.165, 1.54) is 6.07 Å². The van der Waals surface area contributed by atoms with Gasteiger partial charge in [-0.2, -0.15) is 0 Å². The van der Waals surface area contributed by atoms with Crippen molar-refractivity contribution in [2.24, 2.45) is 0 Å². The van der Waals surface area contributed by atoms with E-state index in [4.69, 9.17) is 5.11 Å². The van der Waals surface area contributed by atoms with Crippen LogP contribution in [0.2, 0.25) is 0 Å². The van der Waals surface area contributed by atoms with Crippen LogP contribution in [-0.2, 0) is 11.2 Å². The van der Waals surface area contributed by atoms with E-state index in [0.29, 0.717) is 5.69 Å². The smallest absolute Gasteiger partial charge is 0.305 e. The van der Waals surface area contributed by atoms with Gasteiger partial charge < -0.3 is 10.0 Å². The normalized spacial score (nSPS) is 19.4. The zero-order valence-electron chi connectivity index (χ0n) is 9.11. The molecule has 0 radical (unpaired) electrons. The first-order valence-electron chi connectivity index (χ1n) is 5.31. The number of para-hydroxylation sites is 1. The van der Waals surface area contributed by atoms with Gasteiger partial charge >= 0.3 is 5.97 Å². The molecule has 1 heterocycles. The van der Waals surface area contributed by atoms with Gasteiger partial charge in [-0.1, -0.05) is 12.1 Å². The maximum absolute atomic E-state index is 13.6. The maximum atomic E-state index is 13.6. The Morgan fingerprint density at radius 2 is 2.38 bits per heavy atom. The molecule has 1 aromatic rings. The van der Waals surface area contributed by atoms with Gasteiger partial charge in [0.05, 0.1) is 12.1 Å². The van der Waals surface area contributed by atoms with E-state index >= 15 is 0 Å². The zero-order chi connectivity index (χ0) is 11.7. The minimum absolute atomic E-state index is 0.0598. The molecule has 0 amide bonds. The first kappa shape index (κ1) is 10.9. The molecule has 1 N–H and O–H groups in total. The first-order chi connectivity index (χ1) is 7.59. The summed E-state index contributed by atoms with van der Waals surface area (Å²) in [5.41, 5.74) is 1.52. The van der Waals surface area contributed by atoms with Crippen molar-refractivity contribution < 1.29 is 14.3 Å². The molecule has 1 aromatic carbocycles. The van der Waals surface area contributed by atoms with Crippen LogP contribution in [-0.4, -0.2) is 24.2 Å². The van der Waals surface area contributed by atoms with Gasteiger partial charge in [0.15, 0.2) is 0 Å². The molecule has 1 atom stereocenters.